The van der Waals surface area contributed by atoms with E-state index in [2.05, 4.69) is 4.98 Å². The Morgan fingerprint density at radius 1 is 1.29 bits per heavy atom. The van der Waals surface area contributed by atoms with E-state index in [9.17, 15) is 0 Å². The molecule has 2 heteroatoms. The van der Waals surface area contributed by atoms with E-state index < -0.39 is 0 Å². The van der Waals surface area contributed by atoms with Gasteiger partial charge >= 0.3 is 0 Å². The number of rotatable bonds is 2. The maximum absolute atomic E-state index is 5.90. The molecule has 1 heterocycles. The van der Waals surface area contributed by atoms with Crippen LogP contribution in [-0.2, 0) is 6.42 Å². The molecule has 2 nitrogen and oxygen atoms in total. The van der Waals surface area contributed by atoms with Crippen molar-refractivity contribution in [1.29, 1.82) is 0 Å². The first-order valence-electron chi connectivity index (χ1n) is 5.54. The number of anilines is 1. The Hall–Kier alpha value is -1.05. The predicted molar refractivity (Wildman–Crippen MR) is 58.9 cm³/mol. The molecule has 0 spiro atoms. The minimum atomic E-state index is 0.843. The first-order chi connectivity index (χ1) is 6.86. The van der Waals surface area contributed by atoms with Crippen molar-refractivity contribution >= 4 is 5.69 Å². The maximum atomic E-state index is 5.90. The van der Waals surface area contributed by atoms with Gasteiger partial charge in [-0.2, -0.15) is 0 Å². The second kappa shape index (κ2) is 4.45. The second-order valence-corrected chi connectivity index (χ2v) is 4.28. The summed E-state index contributed by atoms with van der Waals surface area (Å²) in [6.45, 7) is 0. The number of pyridine rings is 1. The Morgan fingerprint density at radius 3 is 2.79 bits per heavy atom. The van der Waals surface area contributed by atoms with Crippen LogP contribution in [0.3, 0.4) is 0 Å². The minimum Gasteiger partial charge on any atom is -0.398 e. The SMILES string of the molecule is Nc1ccncc1CC1CCCCC1. The largest absolute Gasteiger partial charge is 0.398 e. The van der Waals surface area contributed by atoms with Crippen LogP contribution in [0.15, 0.2) is 18.5 Å². The van der Waals surface area contributed by atoms with E-state index in [-0.39, 0.29) is 0 Å². The number of nitrogen functional groups attached to an aromatic ring is 1. The molecule has 0 aliphatic heterocycles. The van der Waals surface area contributed by atoms with Crippen molar-refractivity contribution in [2.24, 2.45) is 5.92 Å². The van der Waals surface area contributed by atoms with Crippen LogP contribution in [0.2, 0.25) is 0 Å². The number of hydrogen-bond acceptors (Lipinski definition) is 2. The molecule has 14 heavy (non-hydrogen) atoms. The van der Waals surface area contributed by atoms with Gasteiger partial charge in [0.25, 0.3) is 0 Å². The third kappa shape index (κ3) is 2.25. The highest BCUT2D eigenvalue weighted by Gasteiger charge is 2.14. The van der Waals surface area contributed by atoms with Gasteiger partial charge in [0.2, 0.25) is 0 Å². The molecule has 1 aromatic heterocycles. The van der Waals surface area contributed by atoms with Crippen LogP contribution in [-0.4, -0.2) is 4.98 Å². The van der Waals surface area contributed by atoms with Crippen molar-refractivity contribution in [1.82, 2.24) is 4.98 Å². The predicted octanol–water partition coefficient (Wildman–Crippen LogP) is 2.79. The van der Waals surface area contributed by atoms with Crippen molar-refractivity contribution in [2.75, 3.05) is 5.73 Å². The Bertz CT molecular complexity index is 290. The lowest BCUT2D eigenvalue weighted by molar-refractivity contribution is 0.357. The van der Waals surface area contributed by atoms with E-state index in [4.69, 9.17) is 5.73 Å². The molecule has 1 saturated carbocycles. The third-order valence-electron chi connectivity index (χ3n) is 3.17. The van der Waals surface area contributed by atoms with Crippen molar-refractivity contribution in [3.63, 3.8) is 0 Å². The summed E-state index contributed by atoms with van der Waals surface area (Å²) in [6.07, 6.45) is 11.8. The number of nitrogens with two attached hydrogens (primary N) is 1. The smallest absolute Gasteiger partial charge is 0.0377 e. The summed E-state index contributed by atoms with van der Waals surface area (Å²) in [5, 5.41) is 0. The fourth-order valence-corrected chi connectivity index (χ4v) is 2.31. The van der Waals surface area contributed by atoms with Gasteiger partial charge in [0.05, 0.1) is 0 Å². The van der Waals surface area contributed by atoms with Gasteiger partial charge < -0.3 is 5.73 Å². The van der Waals surface area contributed by atoms with Gasteiger partial charge in [0.1, 0.15) is 0 Å². The molecule has 76 valence electrons. The van der Waals surface area contributed by atoms with Gasteiger partial charge in [-0.1, -0.05) is 32.1 Å². The summed E-state index contributed by atoms with van der Waals surface area (Å²) in [5.74, 6) is 0.843. The summed E-state index contributed by atoms with van der Waals surface area (Å²) in [4.78, 5) is 4.13. The van der Waals surface area contributed by atoms with Crippen molar-refractivity contribution in [3.8, 4) is 0 Å². The van der Waals surface area contributed by atoms with E-state index in [1.165, 1.54) is 37.7 Å². The van der Waals surface area contributed by atoms with Gasteiger partial charge in [-0.05, 0) is 24.0 Å². The Labute approximate surface area is 85.5 Å². The highest BCUT2D eigenvalue weighted by atomic mass is 14.7. The fraction of sp³-hybridized carbons (Fsp3) is 0.583. The summed E-state index contributed by atoms with van der Waals surface area (Å²) in [7, 11) is 0. The average Bonchev–Trinajstić information content (AvgIpc) is 2.23. The summed E-state index contributed by atoms with van der Waals surface area (Å²) in [5.41, 5.74) is 8.04. The molecular weight excluding hydrogens is 172 g/mol. The zero-order valence-electron chi connectivity index (χ0n) is 8.58. The van der Waals surface area contributed by atoms with Crippen LogP contribution in [0.4, 0.5) is 5.69 Å². The molecule has 2 N–H and O–H groups in total. The van der Waals surface area contributed by atoms with Gasteiger partial charge in [-0.25, -0.2) is 0 Å². The van der Waals surface area contributed by atoms with Crippen LogP contribution in [0.25, 0.3) is 0 Å². The molecule has 0 aromatic carbocycles. The minimum absolute atomic E-state index is 0.843. The molecular formula is C12H18N2. The molecule has 0 atom stereocenters. The normalized spacial score (nSPS) is 18.3. The maximum Gasteiger partial charge on any atom is 0.0377 e. The Kier molecular flexibility index (Phi) is 3.02. The first kappa shape index (κ1) is 9.50. The molecule has 0 radical (unpaired) electrons. The number of hydrogen-bond donors (Lipinski definition) is 1. The first-order valence-corrected chi connectivity index (χ1v) is 5.54. The molecule has 0 saturated heterocycles. The molecule has 1 aliphatic carbocycles. The Balaban J connectivity index is 1.99. The zero-order chi connectivity index (χ0) is 9.80. The van der Waals surface area contributed by atoms with Gasteiger partial charge in [-0.15, -0.1) is 0 Å². The van der Waals surface area contributed by atoms with Crippen molar-refractivity contribution < 1.29 is 0 Å². The molecule has 0 bridgehead atoms. The lowest BCUT2D eigenvalue weighted by Gasteiger charge is -2.21. The highest BCUT2D eigenvalue weighted by molar-refractivity contribution is 5.44. The molecule has 0 unspecified atom stereocenters. The molecule has 2 rings (SSSR count). The number of nitrogens with zero attached hydrogens (tertiary/aromatic N) is 1. The lowest BCUT2D eigenvalue weighted by Crippen LogP contribution is -2.10. The van der Waals surface area contributed by atoms with E-state index >= 15 is 0 Å². The summed E-state index contributed by atoms with van der Waals surface area (Å²) >= 11 is 0. The van der Waals surface area contributed by atoms with E-state index in [0.29, 0.717) is 0 Å². The van der Waals surface area contributed by atoms with E-state index in [0.717, 1.165) is 18.0 Å². The number of aromatic nitrogens is 1. The average molecular weight is 190 g/mol. The molecule has 0 amide bonds. The second-order valence-electron chi connectivity index (χ2n) is 4.28. The van der Waals surface area contributed by atoms with Crippen LogP contribution in [0.5, 0.6) is 0 Å². The van der Waals surface area contributed by atoms with Crippen LogP contribution in [0.1, 0.15) is 37.7 Å². The molecule has 1 fully saturated rings. The highest BCUT2D eigenvalue weighted by Crippen LogP contribution is 2.27. The zero-order valence-corrected chi connectivity index (χ0v) is 8.58. The van der Waals surface area contributed by atoms with Gasteiger partial charge in [0, 0.05) is 18.1 Å². The topological polar surface area (TPSA) is 38.9 Å². The van der Waals surface area contributed by atoms with Crippen LogP contribution < -0.4 is 5.73 Å². The summed E-state index contributed by atoms with van der Waals surface area (Å²) < 4.78 is 0. The standard InChI is InChI=1S/C12H18N2/c13-12-6-7-14-9-11(12)8-10-4-2-1-3-5-10/h6-7,9-10H,1-5,8H2,(H2,13,14). The van der Waals surface area contributed by atoms with Crippen molar-refractivity contribution in [2.45, 2.75) is 38.5 Å². The summed E-state index contributed by atoms with van der Waals surface area (Å²) in [6, 6.07) is 1.90. The van der Waals surface area contributed by atoms with E-state index in [1.807, 2.05) is 12.3 Å². The van der Waals surface area contributed by atoms with E-state index in [1.54, 1.807) is 6.20 Å². The Morgan fingerprint density at radius 2 is 2.07 bits per heavy atom. The van der Waals surface area contributed by atoms with Crippen LogP contribution in [0, 0.1) is 5.92 Å². The van der Waals surface area contributed by atoms with Gasteiger partial charge in [-0.3, -0.25) is 4.98 Å². The molecule has 1 aliphatic rings. The quantitative estimate of drug-likeness (QED) is 0.778. The molecule has 1 aromatic rings. The lowest BCUT2D eigenvalue weighted by atomic mass is 9.85. The fourth-order valence-electron chi connectivity index (χ4n) is 2.31. The third-order valence-corrected chi connectivity index (χ3v) is 3.17. The van der Waals surface area contributed by atoms with Gasteiger partial charge in [0.15, 0.2) is 0 Å². The monoisotopic (exact) mass is 190 g/mol. The van der Waals surface area contributed by atoms with Crippen LogP contribution >= 0.6 is 0 Å². The van der Waals surface area contributed by atoms with Crippen molar-refractivity contribution in [3.05, 3.63) is 24.0 Å².